The Balaban J connectivity index is 1.80. The predicted octanol–water partition coefficient (Wildman–Crippen LogP) is 2.49. The summed E-state index contributed by atoms with van der Waals surface area (Å²) in [5.74, 6) is 3.69. The van der Waals surface area contributed by atoms with Crippen LogP contribution in [0.25, 0.3) is 0 Å². The van der Waals surface area contributed by atoms with Gasteiger partial charge >= 0.3 is 0 Å². The fourth-order valence-corrected chi connectivity index (χ4v) is 3.61. The van der Waals surface area contributed by atoms with E-state index in [0.717, 1.165) is 57.6 Å². The Morgan fingerprint density at radius 1 is 1.22 bits per heavy atom. The molecular weight excluding hydrogens is 360 g/mol. The van der Waals surface area contributed by atoms with Crippen molar-refractivity contribution in [3.05, 3.63) is 6.07 Å². The molecule has 0 bridgehead atoms. The molecule has 3 rings (SSSR count). The third-order valence-electron chi connectivity index (χ3n) is 4.91. The second-order valence-electron chi connectivity index (χ2n) is 7.93. The average molecular weight is 393 g/mol. The molecule has 2 aliphatic heterocycles. The lowest BCUT2D eigenvalue weighted by Gasteiger charge is -2.33. The summed E-state index contributed by atoms with van der Waals surface area (Å²) in [6.45, 7) is 12.7. The van der Waals surface area contributed by atoms with Crippen molar-refractivity contribution < 1.29 is 4.74 Å². The van der Waals surface area contributed by atoms with Gasteiger partial charge in [0.1, 0.15) is 11.6 Å². The minimum Gasteiger partial charge on any atom is -0.378 e. The van der Waals surface area contributed by atoms with Crippen molar-refractivity contribution in [2.24, 2.45) is 11.8 Å². The van der Waals surface area contributed by atoms with Crippen molar-refractivity contribution in [3.8, 4) is 0 Å². The molecule has 8 heteroatoms. The highest BCUT2D eigenvalue weighted by Gasteiger charge is 2.21. The summed E-state index contributed by atoms with van der Waals surface area (Å²) in [7, 11) is 0. The lowest BCUT2D eigenvalue weighted by molar-refractivity contribution is 0.122. The number of nitrogens with one attached hydrogen (secondary N) is 2. The third kappa shape index (κ3) is 5.90. The summed E-state index contributed by atoms with van der Waals surface area (Å²) < 4.78 is 5.49. The number of aromatic nitrogens is 2. The van der Waals surface area contributed by atoms with Crippen LogP contribution in [0.4, 0.5) is 17.6 Å². The molecule has 0 spiro atoms. The molecular formula is C19H32N6OS. The maximum Gasteiger partial charge on any atom is 0.232 e. The molecule has 2 N–H and O–H groups in total. The third-order valence-corrected chi connectivity index (χ3v) is 5.16. The molecule has 0 amide bonds. The van der Waals surface area contributed by atoms with Gasteiger partial charge in [-0.15, -0.1) is 0 Å². The fourth-order valence-electron chi connectivity index (χ4n) is 3.43. The second-order valence-corrected chi connectivity index (χ2v) is 8.34. The Bertz CT molecular complexity index is 635. The van der Waals surface area contributed by atoms with E-state index >= 15 is 0 Å². The van der Waals surface area contributed by atoms with Gasteiger partial charge < -0.3 is 25.2 Å². The number of anilines is 3. The zero-order valence-electron chi connectivity index (χ0n) is 16.7. The smallest absolute Gasteiger partial charge is 0.232 e. The zero-order chi connectivity index (χ0) is 19.2. The minimum atomic E-state index is 0.524. The van der Waals surface area contributed by atoms with E-state index in [4.69, 9.17) is 26.9 Å². The van der Waals surface area contributed by atoms with Crippen LogP contribution in [0.5, 0.6) is 0 Å². The van der Waals surface area contributed by atoms with Gasteiger partial charge in [-0.25, -0.2) is 0 Å². The van der Waals surface area contributed by atoms with Gasteiger partial charge in [-0.05, 0) is 36.9 Å². The number of ether oxygens (including phenoxy) is 1. The van der Waals surface area contributed by atoms with Gasteiger partial charge in [0.2, 0.25) is 5.95 Å². The molecule has 0 aliphatic carbocycles. The maximum atomic E-state index is 5.49. The minimum absolute atomic E-state index is 0.524. The molecule has 1 aromatic heterocycles. The Morgan fingerprint density at radius 2 is 1.93 bits per heavy atom. The van der Waals surface area contributed by atoms with Crippen molar-refractivity contribution in [2.45, 2.75) is 33.6 Å². The van der Waals surface area contributed by atoms with Gasteiger partial charge in [0.25, 0.3) is 0 Å². The largest absolute Gasteiger partial charge is 0.378 e. The summed E-state index contributed by atoms with van der Waals surface area (Å²) in [6, 6.07) is 2.11. The summed E-state index contributed by atoms with van der Waals surface area (Å²) >= 11 is 5.42. The first-order valence-electron chi connectivity index (χ1n) is 10.0. The molecule has 2 saturated heterocycles. The van der Waals surface area contributed by atoms with Crippen LogP contribution in [-0.2, 0) is 4.74 Å². The lowest BCUT2D eigenvalue weighted by atomic mass is 10.0. The van der Waals surface area contributed by atoms with Gasteiger partial charge in [0.05, 0.1) is 13.2 Å². The SMILES string of the molecule is CC(C)CNC(=S)Nc1nc(N2CCOCC2)cc(N2CCCC(C)C2)n1. The monoisotopic (exact) mass is 392 g/mol. The van der Waals surface area contributed by atoms with E-state index in [1.165, 1.54) is 12.8 Å². The number of rotatable bonds is 5. The van der Waals surface area contributed by atoms with Gasteiger partial charge in [-0.1, -0.05) is 20.8 Å². The highest BCUT2D eigenvalue weighted by Crippen LogP contribution is 2.26. The predicted molar refractivity (Wildman–Crippen MR) is 115 cm³/mol. The molecule has 0 radical (unpaired) electrons. The topological polar surface area (TPSA) is 65.6 Å². The highest BCUT2D eigenvalue weighted by molar-refractivity contribution is 7.80. The van der Waals surface area contributed by atoms with Crippen molar-refractivity contribution in [1.29, 1.82) is 0 Å². The number of thiocarbonyl (C=S) groups is 1. The molecule has 7 nitrogen and oxygen atoms in total. The van der Waals surface area contributed by atoms with E-state index in [9.17, 15) is 0 Å². The summed E-state index contributed by atoms with van der Waals surface area (Å²) in [6.07, 6.45) is 2.49. The second kappa shape index (κ2) is 9.50. The fraction of sp³-hybridized carbons (Fsp3) is 0.737. The van der Waals surface area contributed by atoms with Crippen molar-refractivity contribution >= 4 is 34.9 Å². The first-order valence-corrected chi connectivity index (χ1v) is 10.4. The molecule has 2 aliphatic rings. The van der Waals surface area contributed by atoms with E-state index in [-0.39, 0.29) is 0 Å². The normalized spacial score (nSPS) is 20.7. The van der Waals surface area contributed by atoms with Crippen LogP contribution in [0.15, 0.2) is 6.07 Å². The number of morpholine rings is 1. The molecule has 0 aromatic carbocycles. The quantitative estimate of drug-likeness (QED) is 0.741. The Labute approximate surface area is 167 Å². The highest BCUT2D eigenvalue weighted by atomic mass is 32.1. The van der Waals surface area contributed by atoms with E-state index in [1.54, 1.807) is 0 Å². The lowest BCUT2D eigenvalue weighted by Crippen LogP contribution is -2.38. The summed E-state index contributed by atoms with van der Waals surface area (Å²) in [5, 5.41) is 6.98. The first kappa shape index (κ1) is 20.1. The summed E-state index contributed by atoms with van der Waals surface area (Å²) in [4.78, 5) is 14.1. The van der Waals surface area contributed by atoms with Crippen molar-refractivity contribution in [2.75, 3.05) is 61.1 Å². The Hall–Kier alpha value is -1.67. The van der Waals surface area contributed by atoms with Gasteiger partial charge in [-0.3, -0.25) is 0 Å². The van der Waals surface area contributed by atoms with E-state index < -0.39 is 0 Å². The van der Waals surface area contributed by atoms with Gasteiger partial charge in [-0.2, -0.15) is 9.97 Å². The molecule has 0 saturated carbocycles. The van der Waals surface area contributed by atoms with Crippen molar-refractivity contribution in [1.82, 2.24) is 15.3 Å². The number of hydrogen-bond donors (Lipinski definition) is 2. The standard InChI is InChI=1S/C19H32N6OS/c1-14(2)12-20-19(27)23-18-21-16(24-7-9-26-10-8-24)11-17(22-18)25-6-4-5-15(3)13-25/h11,14-15H,4-10,12-13H2,1-3H3,(H2,20,21,22,23,27). The molecule has 1 atom stereocenters. The first-order chi connectivity index (χ1) is 13.0. The van der Waals surface area contributed by atoms with Crippen LogP contribution in [0.2, 0.25) is 0 Å². The number of hydrogen-bond acceptors (Lipinski definition) is 6. The van der Waals surface area contributed by atoms with Crippen molar-refractivity contribution in [3.63, 3.8) is 0 Å². The van der Waals surface area contributed by atoms with Gasteiger partial charge in [0, 0.05) is 38.8 Å². The van der Waals surface area contributed by atoms with Crippen LogP contribution in [0.3, 0.4) is 0 Å². The maximum absolute atomic E-state index is 5.49. The molecule has 27 heavy (non-hydrogen) atoms. The Kier molecular flexibility index (Phi) is 7.07. The van der Waals surface area contributed by atoms with Crippen LogP contribution >= 0.6 is 12.2 Å². The molecule has 1 aromatic rings. The van der Waals surface area contributed by atoms with E-state index in [0.29, 0.717) is 22.9 Å². The molecule has 3 heterocycles. The molecule has 2 fully saturated rings. The number of nitrogens with zero attached hydrogens (tertiary/aromatic N) is 4. The molecule has 1 unspecified atom stereocenters. The summed E-state index contributed by atoms with van der Waals surface area (Å²) in [5.41, 5.74) is 0. The average Bonchev–Trinajstić information content (AvgIpc) is 2.67. The van der Waals surface area contributed by atoms with Gasteiger partial charge in [0.15, 0.2) is 5.11 Å². The van der Waals surface area contributed by atoms with Crippen LogP contribution in [0.1, 0.15) is 33.6 Å². The van der Waals surface area contributed by atoms with E-state index in [2.05, 4.69) is 47.3 Å². The van der Waals surface area contributed by atoms with Crippen LogP contribution < -0.4 is 20.4 Å². The Morgan fingerprint density at radius 3 is 2.59 bits per heavy atom. The van der Waals surface area contributed by atoms with E-state index in [1.807, 2.05) is 0 Å². The zero-order valence-corrected chi connectivity index (χ0v) is 17.5. The molecule has 150 valence electrons. The van der Waals surface area contributed by atoms with Crippen LogP contribution in [0, 0.1) is 11.8 Å². The number of piperidine rings is 1. The van der Waals surface area contributed by atoms with Crippen LogP contribution in [-0.4, -0.2) is 61.0 Å².